The van der Waals surface area contributed by atoms with E-state index in [-0.39, 0.29) is 17.0 Å². The molecular formula is C16H13NO4. The molecule has 2 rings (SSSR count). The lowest BCUT2D eigenvalue weighted by molar-refractivity contribution is -0.111. The SMILES string of the molecule is O=C(C=Cc1ccccc1)Nc1cc(O)ccc1C(=O)O. The summed E-state index contributed by atoms with van der Waals surface area (Å²) in [6, 6.07) is 12.9. The van der Waals surface area contributed by atoms with Crippen LogP contribution in [0.15, 0.2) is 54.6 Å². The molecule has 0 aromatic heterocycles. The van der Waals surface area contributed by atoms with Crippen molar-refractivity contribution in [2.75, 3.05) is 5.32 Å². The second-order valence-corrected chi connectivity index (χ2v) is 4.27. The summed E-state index contributed by atoms with van der Waals surface area (Å²) in [6.07, 6.45) is 2.91. The first-order valence-electron chi connectivity index (χ1n) is 6.16. The Labute approximate surface area is 121 Å². The molecule has 2 aromatic rings. The van der Waals surface area contributed by atoms with Crippen molar-refractivity contribution < 1.29 is 19.8 Å². The van der Waals surface area contributed by atoms with Gasteiger partial charge in [-0.2, -0.15) is 0 Å². The summed E-state index contributed by atoms with van der Waals surface area (Å²) in [6.45, 7) is 0. The van der Waals surface area contributed by atoms with Gasteiger partial charge in [-0.05, 0) is 23.8 Å². The third-order valence-electron chi connectivity index (χ3n) is 2.72. The van der Waals surface area contributed by atoms with Gasteiger partial charge in [-0.1, -0.05) is 30.3 Å². The van der Waals surface area contributed by atoms with Gasteiger partial charge in [-0.25, -0.2) is 4.79 Å². The third kappa shape index (κ3) is 3.94. The number of hydrogen-bond donors (Lipinski definition) is 3. The molecule has 0 saturated heterocycles. The second-order valence-electron chi connectivity index (χ2n) is 4.27. The first-order valence-corrected chi connectivity index (χ1v) is 6.16. The zero-order valence-electron chi connectivity index (χ0n) is 11.0. The zero-order chi connectivity index (χ0) is 15.2. The molecule has 1 amide bonds. The van der Waals surface area contributed by atoms with Crippen molar-refractivity contribution in [3.8, 4) is 5.75 Å². The number of phenols is 1. The van der Waals surface area contributed by atoms with Gasteiger partial charge in [-0.15, -0.1) is 0 Å². The van der Waals surface area contributed by atoms with Crippen LogP contribution in [-0.2, 0) is 4.79 Å². The van der Waals surface area contributed by atoms with E-state index in [4.69, 9.17) is 5.11 Å². The van der Waals surface area contributed by atoms with Crippen LogP contribution in [0.2, 0.25) is 0 Å². The van der Waals surface area contributed by atoms with Crippen LogP contribution in [0.1, 0.15) is 15.9 Å². The third-order valence-corrected chi connectivity index (χ3v) is 2.72. The summed E-state index contributed by atoms with van der Waals surface area (Å²) in [4.78, 5) is 22.8. The number of hydrogen-bond acceptors (Lipinski definition) is 3. The molecule has 0 aliphatic carbocycles. The topological polar surface area (TPSA) is 86.6 Å². The van der Waals surface area contributed by atoms with Crippen LogP contribution in [0, 0.1) is 0 Å². The van der Waals surface area contributed by atoms with Crippen molar-refractivity contribution in [1.82, 2.24) is 0 Å². The summed E-state index contributed by atoms with van der Waals surface area (Å²) in [5.41, 5.74) is 0.807. The van der Waals surface area contributed by atoms with Crippen LogP contribution < -0.4 is 5.32 Å². The van der Waals surface area contributed by atoms with Crippen molar-refractivity contribution in [1.29, 1.82) is 0 Å². The number of phenolic OH excluding ortho intramolecular Hbond substituents is 1. The Morgan fingerprint density at radius 1 is 1.05 bits per heavy atom. The van der Waals surface area contributed by atoms with Crippen LogP contribution in [0.3, 0.4) is 0 Å². The molecule has 0 radical (unpaired) electrons. The lowest BCUT2D eigenvalue weighted by Crippen LogP contribution is -2.11. The van der Waals surface area contributed by atoms with Crippen molar-refractivity contribution in [3.05, 3.63) is 65.7 Å². The minimum atomic E-state index is -1.18. The van der Waals surface area contributed by atoms with Gasteiger partial charge in [0, 0.05) is 12.1 Å². The summed E-state index contributed by atoms with van der Waals surface area (Å²) in [7, 11) is 0. The van der Waals surface area contributed by atoms with Gasteiger partial charge in [0.1, 0.15) is 5.75 Å². The Morgan fingerprint density at radius 2 is 1.76 bits per heavy atom. The first-order chi connectivity index (χ1) is 10.1. The number of aromatic hydroxyl groups is 1. The number of carboxylic acids is 1. The predicted molar refractivity (Wildman–Crippen MR) is 79.2 cm³/mol. The van der Waals surface area contributed by atoms with E-state index in [1.807, 2.05) is 30.3 Å². The monoisotopic (exact) mass is 283 g/mol. The molecule has 106 valence electrons. The van der Waals surface area contributed by atoms with E-state index in [1.165, 1.54) is 24.3 Å². The molecule has 0 atom stereocenters. The molecule has 0 bridgehead atoms. The molecule has 0 spiro atoms. The number of benzene rings is 2. The molecule has 5 heteroatoms. The highest BCUT2D eigenvalue weighted by molar-refractivity contribution is 6.06. The van der Waals surface area contributed by atoms with Crippen LogP contribution in [0.4, 0.5) is 5.69 Å². The van der Waals surface area contributed by atoms with Gasteiger partial charge in [-0.3, -0.25) is 4.79 Å². The molecule has 0 fully saturated rings. The van der Waals surface area contributed by atoms with Crippen LogP contribution >= 0.6 is 0 Å². The van der Waals surface area contributed by atoms with Crippen molar-refractivity contribution in [2.24, 2.45) is 0 Å². The standard InChI is InChI=1S/C16H13NO4/c18-12-7-8-13(16(20)21)14(10-12)17-15(19)9-6-11-4-2-1-3-5-11/h1-10,18H,(H,17,19)(H,20,21). The van der Waals surface area contributed by atoms with E-state index in [1.54, 1.807) is 6.08 Å². The number of aromatic carboxylic acids is 1. The molecule has 21 heavy (non-hydrogen) atoms. The molecule has 5 nitrogen and oxygen atoms in total. The average Bonchev–Trinajstić information content (AvgIpc) is 2.46. The highest BCUT2D eigenvalue weighted by atomic mass is 16.4. The van der Waals surface area contributed by atoms with Gasteiger partial charge >= 0.3 is 5.97 Å². The quantitative estimate of drug-likeness (QED) is 0.753. The molecular weight excluding hydrogens is 270 g/mol. The van der Waals surface area contributed by atoms with E-state index in [2.05, 4.69) is 5.32 Å². The van der Waals surface area contributed by atoms with Crippen LogP contribution in [0.25, 0.3) is 6.08 Å². The average molecular weight is 283 g/mol. The fourth-order valence-electron chi connectivity index (χ4n) is 1.73. The lowest BCUT2D eigenvalue weighted by Gasteiger charge is -2.07. The molecule has 0 unspecified atom stereocenters. The van der Waals surface area contributed by atoms with Crippen LogP contribution in [-0.4, -0.2) is 22.1 Å². The van der Waals surface area contributed by atoms with Crippen molar-refractivity contribution in [3.63, 3.8) is 0 Å². The van der Waals surface area contributed by atoms with Gasteiger partial charge in [0.25, 0.3) is 0 Å². The Balaban J connectivity index is 2.15. The molecule has 2 aromatic carbocycles. The van der Waals surface area contributed by atoms with E-state index < -0.39 is 11.9 Å². The number of rotatable bonds is 4. The smallest absolute Gasteiger partial charge is 0.337 e. The minimum Gasteiger partial charge on any atom is -0.508 e. The molecule has 3 N–H and O–H groups in total. The minimum absolute atomic E-state index is 0.0465. The van der Waals surface area contributed by atoms with Gasteiger partial charge in [0.2, 0.25) is 5.91 Å². The number of nitrogens with one attached hydrogen (secondary N) is 1. The van der Waals surface area contributed by atoms with E-state index in [9.17, 15) is 14.7 Å². The largest absolute Gasteiger partial charge is 0.508 e. The Morgan fingerprint density at radius 3 is 2.43 bits per heavy atom. The molecule has 0 saturated carbocycles. The predicted octanol–water partition coefficient (Wildman–Crippen LogP) is 2.74. The fourth-order valence-corrected chi connectivity index (χ4v) is 1.73. The van der Waals surface area contributed by atoms with Crippen LogP contribution in [0.5, 0.6) is 5.75 Å². The lowest BCUT2D eigenvalue weighted by atomic mass is 10.1. The summed E-state index contributed by atoms with van der Waals surface area (Å²) in [5.74, 6) is -1.79. The van der Waals surface area contributed by atoms with E-state index in [0.29, 0.717) is 0 Å². The maximum Gasteiger partial charge on any atom is 0.337 e. The van der Waals surface area contributed by atoms with Gasteiger partial charge in [0.15, 0.2) is 0 Å². The normalized spacial score (nSPS) is 10.5. The molecule has 0 aliphatic heterocycles. The number of carbonyl (C=O) groups excluding carboxylic acids is 1. The highest BCUT2D eigenvalue weighted by Gasteiger charge is 2.12. The van der Waals surface area contributed by atoms with Gasteiger partial charge in [0.05, 0.1) is 11.3 Å². The second kappa shape index (κ2) is 6.38. The Bertz CT molecular complexity index is 693. The summed E-state index contributed by atoms with van der Waals surface area (Å²) in [5, 5.41) is 20.8. The van der Waals surface area contributed by atoms with E-state index in [0.717, 1.165) is 5.56 Å². The van der Waals surface area contributed by atoms with Gasteiger partial charge < -0.3 is 15.5 Å². The summed E-state index contributed by atoms with van der Waals surface area (Å²) >= 11 is 0. The number of carboxylic acid groups (broad SMARTS) is 1. The summed E-state index contributed by atoms with van der Waals surface area (Å²) < 4.78 is 0. The van der Waals surface area contributed by atoms with Crippen molar-refractivity contribution in [2.45, 2.75) is 0 Å². The molecule has 0 aliphatic rings. The first kappa shape index (κ1) is 14.3. The number of amides is 1. The maximum absolute atomic E-state index is 11.8. The number of anilines is 1. The Kier molecular flexibility index (Phi) is 4.36. The zero-order valence-corrected chi connectivity index (χ0v) is 11.0. The highest BCUT2D eigenvalue weighted by Crippen LogP contribution is 2.21. The van der Waals surface area contributed by atoms with E-state index >= 15 is 0 Å². The maximum atomic E-state index is 11.8. The molecule has 0 heterocycles. The fraction of sp³-hybridized carbons (Fsp3) is 0. The number of carbonyl (C=O) groups is 2. The Hall–Kier alpha value is -3.08. The van der Waals surface area contributed by atoms with Crippen molar-refractivity contribution >= 4 is 23.6 Å².